The molecule has 0 bridgehead atoms. The molecule has 3 nitrogen and oxygen atoms in total. The monoisotopic (exact) mass is 283 g/mol. The molecular formula is C14H16F3N3. The predicted octanol–water partition coefficient (Wildman–Crippen LogP) is 3.45. The van der Waals surface area contributed by atoms with Crippen LogP contribution in [-0.4, -0.2) is 15.8 Å². The van der Waals surface area contributed by atoms with Crippen molar-refractivity contribution in [2.45, 2.75) is 32.9 Å². The van der Waals surface area contributed by atoms with E-state index in [4.69, 9.17) is 0 Å². The second-order valence-electron chi connectivity index (χ2n) is 4.75. The Morgan fingerprint density at radius 2 is 1.95 bits per heavy atom. The van der Waals surface area contributed by atoms with Crippen molar-refractivity contribution in [3.8, 4) is 5.69 Å². The molecule has 1 aromatic carbocycles. The molecule has 1 heterocycles. The van der Waals surface area contributed by atoms with E-state index in [2.05, 4.69) is 10.4 Å². The predicted molar refractivity (Wildman–Crippen MR) is 70.5 cm³/mol. The molecule has 0 amide bonds. The molecule has 0 unspecified atom stereocenters. The summed E-state index contributed by atoms with van der Waals surface area (Å²) in [6.07, 6.45) is -1.37. The third-order valence-corrected chi connectivity index (χ3v) is 2.87. The van der Waals surface area contributed by atoms with Crippen molar-refractivity contribution in [1.29, 1.82) is 0 Å². The molecule has 1 aromatic heterocycles. The molecule has 108 valence electrons. The van der Waals surface area contributed by atoms with Crippen molar-refractivity contribution in [2.24, 2.45) is 0 Å². The number of rotatable bonds is 5. The van der Waals surface area contributed by atoms with Gasteiger partial charge in [-0.1, -0.05) is 26.0 Å². The van der Waals surface area contributed by atoms with Gasteiger partial charge in [0.05, 0.1) is 6.20 Å². The number of halogens is 3. The Balaban J connectivity index is 2.42. The molecule has 2 aromatic rings. The highest BCUT2D eigenvalue weighted by atomic mass is 19.3. The lowest BCUT2D eigenvalue weighted by molar-refractivity contribution is 0.141. The normalized spacial score (nSPS) is 11.6. The first-order chi connectivity index (χ1) is 9.50. The van der Waals surface area contributed by atoms with E-state index in [0.717, 1.165) is 4.68 Å². The topological polar surface area (TPSA) is 29.9 Å². The lowest BCUT2D eigenvalue weighted by Crippen LogP contribution is -2.22. The van der Waals surface area contributed by atoms with E-state index in [-0.39, 0.29) is 24.0 Å². The van der Waals surface area contributed by atoms with Crippen LogP contribution in [0.15, 0.2) is 30.5 Å². The van der Waals surface area contributed by atoms with E-state index in [1.54, 1.807) is 6.07 Å². The maximum atomic E-state index is 13.7. The molecular weight excluding hydrogens is 267 g/mol. The van der Waals surface area contributed by atoms with E-state index < -0.39 is 12.2 Å². The fourth-order valence-electron chi connectivity index (χ4n) is 1.89. The fourth-order valence-corrected chi connectivity index (χ4v) is 1.89. The van der Waals surface area contributed by atoms with Crippen LogP contribution in [0.3, 0.4) is 0 Å². The van der Waals surface area contributed by atoms with Crippen LogP contribution in [-0.2, 0) is 6.54 Å². The summed E-state index contributed by atoms with van der Waals surface area (Å²) in [5, 5.41) is 6.96. The standard InChI is InChI=1S/C14H16F3N3/c1-9(2)18-7-10-8-19-20(13(10)14(16)17)12-6-4-3-5-11(12)15/h3-6,8-9,14,18H,7H2,1-2H3. The van der Waals surface area contributed by atoms with Crippen LogP contribution in [0.4, 0.5) is 13.2 Å². The quantitative estimate of drug-likeness (QED) is 0.911. The van der Waals surface area contributed by atoms with E-state index >= 15 is 0 Å². The summed E-state index contributed by atoms with van der Waals surface area (Å²) in [6.45, 7) is 4.11. The molecule has 6 heteroatoms. The molecule has 0 radical (unpaired) electrons. The van der Waals surface area contributed by atoms with Crippen LogP contribution in [0.5, 0.6) is 0 Å². The van der Waals surface area contributed by atoms with Crippen molar-refractivity contribution in [3.05, 3.63) is 47.5 Å². The third-order valence-electron chi connectivity index (χ3n) is 2.87. The van der Waals surface area contributed by atoms with Gasteiger partial charge >= 0.3 is 0 Å². The van der Waals surface area contributed by atoms with E-state index in [0.29, 0.717) is 5.56 Å². The summed E-state index contributed by atoms with van der Waals surface area (Å²) < 4.78 is 41.2. The fraction of sp³-hybridized carbons (Fsp3) is 0.357. The molecule has 0 aliphatic rings. The van der Waals surface area contributed by atoms with Crippen LogP contribution in [0.25, 0.3) is 5.69 Å². The zero-order valence-electron chi connectivity index (χ0n) is 11.3. The van der Waals surface area contributed by atoms with Gasteiger partial charge in [-0.2, -0.15) is 5.10 Å². The highest BCUT2D eigenvalue weighted by Crippen LogP contribution is 2.26. The summed E-state index contributed by atoms with van der Waals surface area (Å²) in [6, 6.07) is 5.90. The summed E-state index contributed by atoms with van der Waals surface area (Å²) in [5.41, 5.74) is 0.124. The van der Waals surface area contributed by atoms with Crippen molar-refractivity contribution in [2.75, 3.05) is 0 Å². The molecule has 0 saturated carbocycles. The molecule has 20 heavy (non-hydrogen) atoms. The summed E-state index contributed by atoms with van der Waals surface area (Å²) in [7, 11) is 0. The third kappa shape index (κ3) is 3.01. The van der Waals surface area contributed by atoms with Gasteiger partial charge in [0.25, 0.3) is 6.43 Å². The second kappa shape index (κ2) is 6.09. The van der Waals surface area contributed by atoms with E-state index in [1.807, 2.05) is 13.8 Å². The maximum Gasteiger partial charge on any atom is 0.280 e. The van der Waals surface area contributed by atoms with Crippen molar-refractivity contribution in [1.82, 2.24) is 15.1 Å². The van der Waals surface area contributed by atoms with Crippen LogP contribution < -0.4 is 5.32 Å². The first-order valence-corrected chi connectivity index (χ1v) is 6.34. The highest BCUT2D eigenvalue weighted by Gasteiger charge is 2.22. The number of hydrogen-bond donors (Lipinski definition) is 1. The molecule has 1 N–H and O–H groups in total. The molecule has 0 saturated heterocycles. The summed E-state index contributed by atoms with van der Waals surface area (Å²) >= 11 is 0. The molecule has 2 rings (SSSR count). The van der Waals surface area contributed by atoms with Gasteiger partial charge in [-0.15, -0.1) is 0 Å². The minimum Gasteiger partial charge on any atom is -0.310 e. The molecule has 0 aliphatic heterocycles. The van der Waals surface area contributed by atoms with Gasteiger partial charge in [-0.05, 0) is 12.1 Å². The number of benzene rings is 1. The van der Waals surface area contributed by atoms with Crippen LogP contribution >= 0.6 is 0 Å². The average Bonchev–Trinajstić information content (AvgIpc) is 2.80. The van der Waals surface area contributed by atoms with Crippen molar-refractivity contribution >= 4 is 0 Å². The number of hydrogen-bond acceptors (Lipinski definition) is 2. The van der Waals surface area contributed by atoms with Crippen LogP contribution in [0.2, 0.25) is 0 Å². The van der Waals surface area contributed by atoms with E-state index in [1.165, 1.54) is 24.4 Å². The zero-order valence-corrected chi connectivity index (χ0v) is 11.3. The van der Waals surface area contributed by atoms with Gasteiger partial charge in [0.15, 0.2) is 0 Å². The summed E-state index contributed by atoms with van der Waals surface area (Å²) in [4.78, 5) is 0. The minimum absolute atomic E-state index is 0.0265. The molecule has 0 aliphatic carbocycles. The maximum absolute atomic E-state index is 13.7. The smallest absolute Gasteiger partial charge is 0.280 e. The number of nitrogens with one attached hydrogen (secondary N) is 1. The Hall–Kier alpha value is -1.82. The van der Waals surface area contributed by atoms with Crippen molar-refractivity contribution < 1.29 is 13.2 Å². The number of para-hydroxylation sites is 1. The lowest BCUT2D eigenvalue weighted by atomic mass is 10.2. The van der Waals surface area contributed by atoms with Crippen LogP contribution in [0, 0.1) is 5.82 Å². The highest BCUT2D eigenvalue weighted by molar-refractivity contribution is 5.36. The Bertz CT molecular complexity index is 579. The Morgan fingerprint density at radius 3 is 2.55 bits per heavy atom. The summed E-state index contributed by atoms with van der Waals surface area (Å²) in [5.74, 6) is -0.583. The van der Waals surface area contributed by atoms with E-state index in [9.17, 15) is 13.2 Å². The average molecular weight is 283 g/mol. The largest absolute Gasteiger partial charge is 0.310 e. The molecule has 0 spiro atoms. The van der Waals surface area contributed by atoms with Crippen molar-refractivity contribution in [3.63, 3.8) is 0 Å². The Kier molecular flexibility index (Phi) is 4.44. The Morgan fingerprint density at radius 1 is 1.25 bits per heavy atom. The Labute approximate surface area is 115 Å². The van der Waals surface area contributed by atoms with Crippen LogP contribution in [0.1, 0.15) is 31.5 Å². The van der Waals surface area contributed by atoms with Gasteiger partial charge in [0.1, 0.15) is 17.2 Å². The zero-order chi connectivity index (χ0) is 14.7. The SMILES string of the molecule is CC(C)NCc1cnn(-c2ccccc2F)c1C(F)F. The van der Waals surface area contributed by atoms with Gasteiger partial charge in [0, 0.05) is 18.2 Å². The minimum atomic E-state index is -2.72. The first-order valence-electron chi connectivity index (χ1n) is 6.34. The number of nitrogens with zero attached hydrogens (tertiary/aromatic N) is 2. The lowest BCUT2D eigenvalue weighted by Gasteiger charge is -2.11. The number of aromatic nitrogens is 2. The molecule has 0 atom stereocenters. The van der Waals surface area contributed by atoms with Gasteiger partial charge in [0.2, 0.25) is 0 Å². The van der Waals surface area contributed by atoms with Gasteiger partial charge < -0.3 is 5.32 Å². The second-order valence-corrected chi connectivity index (χ2v) is 4.75. The molecule has 0 fully saturated rings. The van der Waals surface area contributed by atoms with Gasteiger partial charge in [-0.3, -0.25) is 0 Å². The number of alkyl halides is 2. The van der Waals surface area contributed by atoms with Gasteiger partial charge in [-0.25, -0.2) is 17.9 Å². The first kappa shape index (κ1) is 14.6.